The van der Waals surface area contributed by atoms with Gasteiger partial charge in [0.25, 0.3) is 0 Å². The average molecular weight is 267 g/mol. The summed E-state index contributed by atoms with van der Waals surface area (Å²) in [5.74, 6) is 6.44. The van der Waals surface area contributed by atoms with Gasteiger partial charge in [0.2, 0.25) is 0 Å². The van der Waals surface area contributed by atoms with Crippen molar-refractivity contribution in [1.29, 1.82) is 0 Å². The van der Waals surface area contributed by atoms with Gasteiger partial charge in [-0.05, 0) is 17.7 Å². The van der Waals surface area contributed by atoms with Crippen LogP contribution in [0.4, 0.5) is 5.82 Å². The normalized spacial score (nSPS) is 10.8. The summed E-state index contributed by atoms with van der Waals surface area (Å²) in [5, 5.41) is 2.85. The maximum atomic E-state index is 5.47. The Bertz CT molecular complexity index is 483. The van der Waals surface area contributed by atoms with E-state index >= 15 is 0 Å². The molecule has 0 aliphatic carbocycles. The van der Waals surface area contributed by atoms with Crippen LogP contribution in [-0.4, -0.2) is 15.0 Å². The van der Waals surface area contributed by atoms with E-state index in [0.29, 0.717) is 11.7 Å². The number of nitrogens with one attached hydrogen (secondary N) is 1. The highest BCUT2D eigenvalue weighted by Crippen LogP contribution is 2.35. The molecule has 0 aliphatic rings. The number of nitrogens with two attached hydrogens (primary N) is 1. The molecule has 7 heteroatoms. The van der Waals surface area contributed by atoms with Crippen LogP contribution in [0.5, 0.6) is 0 Å². The molecule has 2 heterocycles. The van der Waals surface area contributed by atoms with Gasteiger partial charge in [0.1, 0.15) is 17.2 Å². The van der Waals surface area contributed by atoms with E-state index in [1.165, 1.54) is 18.1 Å². The Morgan fingerprint density at radius 2 is 2.18 bits per heavy atom. The van der Waals surface area contributed by atoms with Crippen LogP contribution in [0.2, 0.25) is 0 Å². The molecule has 0 radical (unpaired) electrons. The molecule has 2 aromatic rings. The van der Waals surface area contributed by atoms with Gasteiger partial charge in [0.05, 0.1) is 0 Å². The van der Waals surface area contributed by atoms with Crippen LogP contribution in [0.15, 0.2) is 27.3 Å². The molecule has 2 aromatic heterocycles. The predicted octanol–water partition coefficient (Wildman–Crippen LogP) is 2.49. The minimum atomic E-state index is 0.296. The number of thiazole rings is 1. The lowest BCUT2D eigenvalue weighted by Crippen LogP contribution is -2.13. The topological polar surface area (TPSA) is 76.7 Å². The lowest BCUT2D eigenvalue weighted by atomic mass is 10.1. The molecule has 3 N–H and O–H groups in total. The van der Waals surface area contributed by atoms with E-state index in [2.05, 4.69) is 34.2 Å². The van der Waals surface area contributed by atoms with Gasteiger partial charge in [-0.25, -0.2) is 20.8 Å². The predicted molar refractivity (Wildman–Crippen MR) is 70.2 cm³/mol. The molecule has 2 rings (SSSR count). The monoisotopic (exact) mass is 267 g/mol. The van der Waals surface area contributed by atoms with Crippen molar-refractivity contribution in [2.75, 3.05) is 5.43 Å². The van der Waals surface area contributed by atoms with Crippen LogP contribution in [-0.2, 0) is 0 Å². The Labute approximate surface area is 108 Å². The van der Waals surface area contributed by atoms with Gasteiger partial charge in [0.15, 0.2) is 4.34 Å². The number of rotatable bonds is 4. The highest BCUT2D eigenvalue weighted by atomic mass is 32.2. The Hall–Kier alpha value is -1.18. The van der Waals surface area contributed by atoms with Crippen LogP contribution in [0.3, 0.4) is 0 Å². The zero-order valence-electron chi connectivity index (χ0n) is 9.54. The van der Waals surface area contributed by atoms with Gasteiger partial charge in [0, 0.05) is 17.1 Å². The standard InChI is InChI=1S/C10H13N5S2/c1-6(2)7-8(15-11)13-5-14-9(7)17-10-12-3-4-16-10/h3-6H,11H2,1-2H3,(H,13,14,15). The Morgan fingerprint density at radius 1 is 1.35 bits per heavy atom. The molecule has 0 aliphatic heterocycles. The molecule has 0 spiro atoms. The fourth-order valence-electron chi connectivity index (χ4n) is 1.44. The van der Waals surface area contributed by atoms with E-state index in [1.807, 2.05) is 5.38 Å². The minimum absolute atomic E-state index is 0.296. The molecular formula is C10H13N5S2. The fourth-order valence-corrected chi connectivity index (χ4v) is 3.22. The SMILES string of the molecule is CC(C)c1c(NN)ncnc1Sc1nccs1. The second-order valence-corrected chi connectivity index (χ2v) is 5.77. The van der Waals surface area contributed by atoms with Crippen molar-refractivity contribution in [3.63, 3.8) is 0 Å². The Balaban J connectivity index is 2.39. The summed E-state index contributed by atoms with van der Waals surface area (Å²) in [7, 11) is 0. The zero-order chi connectivity index (χ0) is 12.3. The number of anilines is 1. The summed E-state index contributed by atoms with van der Waals surface area (Å²) in [6.45, 7) is 4.18. The molecule has 0 amide bonds. The van der Waals surface area contributed by atoms with Gasteiger partial charge >= 0.3 is 0 Å². The summed E-state index contributed by atoms with van der Waals surface area (Å²) < 4.78 is 0.966. The third-order valence-electron chi connectivity index (χ3n) is 2.16. The number of hydrogen-bond donors (Lipinski definition) is 2. The Kier molecular flexibility index (Phi) is 3.93. The number of nitrogens with zero attached hydrogens (tertiary/aromatic N) is 3. The molecule has 90 valence electrons. The van der Waals surface area contributed by atoms with Crippen LogP contribution in [0, 0.1) is 0 Å². The maximum Gasteiger partial charge on any atom is 0.156 e. The van der Waals surface area contributed by atoms with E-state index in [-0.39, 0.29) is 0 Å². The summed E-state index contributed by atoms with van der Waals surface area (Å²) in [4.78, 5) is 12.7. The van der Waals surface area contributed by atoms with Crippen LogP contribution in [0.25, 0.3) is 0 Å². The zero-order valence-corrected chi connectivity index (χ0v) is 11.2. The molecule has 0 bridgehead atoms. The molecule has 5 nitrogen and oxygen atoms in total. The van der Waals surface area contributed by atoms with E-state index in [9.17, 15) is 0 Å². The number of nitrogen functional groups attached to an aromatic ring is 1. The molecule has 0 unspecified atom stereocenters. The maximum absolute atomic E-state index is 5.47. The van der Waals surface area contributed by atoms with E-state index in [4.69, 9.17) is 5.84 Å². The number of hydrazine groups is 1. The summed E-state index contributed by atoms with van der Waals surface area (Å²) in [5.41, 5.74) is 3.64. The highest BCUT2D eigenvalue weighted by Gasteiger charge is 2.16. The molecule has 0 aromatic carbocycles. The van der Waals surface area contributed by atoms with Crippen molar-refractivity contribution in [2.45, 2.75) is 29.1 Å². The Morgan fingerprint density at radius 3 is 2.76 bits per heavy atom. The van der Waals surface area contributed by atoms with Crippen molar-refractivity contribution in [1.82, 2.24) is 15.0 Å². The lowest BCUT2D eigenvalue weighted by Gasteiger charge is -2.13. The molecule has 0 fully saturated rings. The second-order valence-electron chi connectivity index (χ2n) is 3.64. The van der Waals surface area contributed by atoms with Crippen molar-refractivity contribution in [3.8, 4) is 0 Å². The minimum Gasteiger partial charge on any atom is -0.308 e. The summed E-state index contributed by atoms with van der Waals surface area (Å²) >= 11 is 3.13. The third kappa shape index (κ3) is 2.74. The highest BCUT2D eigenvalue weighted by molar-refractivity contribution is 8.01. The fraction of sp³-hybridized carbons (Fsp3) is 0.300. The van der Waals surface area contributed by atoms with E-state index < -0.39 is 0 Å². The first kappa shape index (κ1) is 12.3. The van der Waals surface area contributed by atoms with E-state index in [1.54, 1.807) is 17.5 Å². The molecule has 0 atom stereocenters. The van der Waals surface area contributed by atoms with Crippen molar-refractivity contribution >= 4 is 28.9 Å². The van der Waals surface area contributed by atoms with Gasteiger partial charge < -0.3 is 5.43 Å². The van der Waals surface area contributed by atoms with Crippen molar-refractivity contribution in [3.05, 3.63) is 23.5 Å². The molecule has 0 saturated heterocycles. The molecule has 0 saturated carbocycles. The van der Waals surface area contributed by atoms with Gasteiger partial charge in [-0.3, -0.25) is 0 Å². The third-order valence-corrected chi connectivity index (χ3v) is 4.06. The molecule has 17 heavy (non-hydrogen) atoms. The lowest BCUT2D eigenvalue weighted by molar-refractivity contribution is 0.804. The first-order valence-electron chi connectivity index (χ1n) is 5.11. The smallest absolute Gasteiger partial charge is 0.156 e. The quantitative estimate of drug-likeness (QED) is 0.503. The first-order valence-corrected chi connectivity index (χ1v) is 6.81. The average Bonchev–Trinajstić information content (AvgIpc) is 2.81. The van der Waals surface area contributed by atoms with Gasteiger partial charge in [-0.1, -0.05) is 13.8 Å². The second kappa shape index (κ2) is 5.44. The van der Waals surface area contributed by atoms with Crippen LogP contribution in [0.1, 0.15) is 25.3 Å². The summed E-state index contributed by atoms with van der Waals surface area (Å²) in [6, 6.07) is 0. The summed E-state index contributed by atoms with van der Waals surface area (Å²) in [6.07, 6.45) is 3.29. The number of aromatic nitrogens is 3. The van der Waals surface area contributed by atoms with E-state index in [0.717, 1.165) is 14.9 Å². The van der Waals surface area contributed by atoms with Crippen LogP contribution >= 0.6 is 23.1 Å². The largest absolute Gasteiger partial charge is 0.308 e. The first-order chi connectivity index (χ1) is 8.22. The van der Waals surface area contributed by atoms with Crippen molar-refractivity contribution < 1.29 is 0 Å². The van der Waals surface area contributed by atoms with Gasteiger partial charge in [-0.2, -0.15) is 0 Å². The van der Waals surface area contributed by atoms with Gasteiger partial charge in [-0.15, -0.1) is 11.3 Å². The molecular weight excluding hydrogens is 254 g/mol. The number of hydrogen-bond acceptors (Lipinski definition) is 7. The van der Waals surface area contributed by atoms with Crippen molar-refractivity contribution in [2.24, 2.45) is 5.84 Å². The van der Waals surface area contributed by atoms with Crippen LogP contribution < -0.4 is 11.3 Å².